The second-order valence-electron chi connectivity index (χ2n) is 6.93. The number of carbonyl (C=O) groups is 1. The standard InChI is InChI=1S/C21H23N3O2S2/c1-3-24-20(26)17-16(15-9-5-4-6-10-15)13-27-18(17)22-21(24)28-14(2)19(25)23-11-7-8-12-23/h4-6,9-10,13-14H,3,7-8,11-12H2,1-2H3/t14-/m0/s1. The van der Waals surface area contributed by atoms with E-state index in [2.05, 4.69) is 0 Å². The van der Waals surface area contributed by atoms with Gasteiger partial charge in [0.1, 0.15) is 4.83 Å². The molecule has 0 spiro atoms. The summed E-state index contributed by atoms with van der Waals surface area (Å²) in [6, 6.07) is 9.93. The SMILES string of the molecule is CCn1c(S[C@@H](C)C(=O)N2CCCC2)nc2scc(-c3ccccc3)c2c1=O. The Kier molecular flexibility index (Phi) is 5.55. The molecule has 0 unspecified atom stereocenters. The molecule has 4 rings (SSSR count). The molecule has 1 atom stereocenters. The number of fused-ring (bicyclic) bond motifs is 1. The molecule has 3 aromatic rings. The van der Waals surface area contributed by atoms with Crippen molar-refractivity contribution in [3.63, 3.8) is 0 Å². The zero-order valence-corrected chi connectivity index (χ0v) is 17.7. The maximum absolute atomic E-state index is 13.3. The van der Waals surface area contributed by atoms with E-state index in [1.165, 1.54) is 23.1 Å². The van der Waals surface area contributed by atoms with Gasteiger partial charge in [-0.2, -0.15) is 0 Å². The van der Waals surface area contributed by atoms with Crippen molar-refractivity contribution < 1.29 is 4.79 Å². The first-order chi connectivity index (χ1) is 13.6. The third kappa shape index (κ3) is 3.49. The second kappa shape index (κ2) is 8.09. The third-order valence-corrected chi connectivity index (χ3v) is 7.06. The Labute approximate surface area is 172 Å². The monoisotopic (exact) mass is 413 g/mol. The Morgan fingerprint density at radius 2 is 1.96 bits per heavy atom. The van der Waals surface area contributed by atoms with Gasteiger partial charge in [-0.1, -0.05) is 42.1 Å². The van der Waals surface area contributed by atoms with E-state index >= 15 is 0 Å². The predicted molar refractivity (Wildman–Crippen MR) is 116 cm³/mol. The van der Waals surface area contributed by atoms with Crippen molar-refractivity contribution in [3.8, 4) is 11.1 Å². The highest BCUT2D eigenvalue weighted by Crippen LogP contribution is 2.33. The molecule has 1 aromatic carbocycles. The number of hydrogen-bond acceptors (Lipinski definition) is 5. The molecule has 0 aliphatic carbocycles. The minimum absolute atomic E-state index is 0.0316. The largest absolute Gasteiger partial charge is 0.342 e. The third-order valence-electron chi connectivity index (χ3n) is 5.11. The highest BCUT2D eigenvalue weighted by Gasteiger charge is 2.26. The molecule has 28 heavy (non-hydrogen) atoms. The number of thioether (sulfide) groups is 1. The molecule has 146 valence electrons. The van der Waals surface area contributed by atoms with E-state index in [0.717, 1.165) is 41.9 Å². The van der Waals surface area contributed by atoms with E-state index in [0.29, 0.717) is 17.1 Å². The van der Waals surface area contributed by atoms with Crippen LogP contribution in [0.3, 0.4) is 0 Å². The molecule has 7 heteroatoms. The topological polar surface area (TPSA) is 55.2 Å². The van der Waals surface area contributed by atoms with Crippen LogP contribution in [0.4, 0.5) is 0 Å². The highest BCUT2D eigenvalue weighted by molar-refractivity contribution is 8.00. The van der Waals surface area contributed by atoms with E-state index in [9.17, 15) is 9.59 Å². The Hall–Kier alpha value is -2.12. The summed E-state index contributed by atoms with van der Waals surface area (Å²) in [6.45, 7) is 6.05. The Morgan fingerprint density at radius 3 is 2.64 bits per heavy atom. The quantitative estimate of drug-likeness (QED) is 0.464. The van der Waals surface area contributed by atoms with Crippen LogP contribution in [0.1, 0.15) is 26.7 Å². The average Bonchev–Trinajstić information content (AvgIpc) is 3.38. The zero-order chi connectivity index (χ0) is 19.7. The lowest BCUT2D eigenvalue weighted by Crippen LogP contribution is -2.34. The number of hydrogen-bond donors (Lipinski definition) is 0. The highest BCUT2D eigenvalue weighted by atomic mass is 32.2. The average molecular weight is 414 g/mol. The van der Waals surface area contributed by atoms with Gasteiger partial charge in [0.15, 0.2) is 5.16 Å². The Morgan fingerprint density at radius 1 is 1.25 bits per heavy atom. The fourth-order valence-electron chi connectivity index (χ4n) is 3.61. The van der Waals surface area contributed by atoms with Crippen LogP contribution in [0.15, 0.2) is 45.7 Å². The Balaban J connectivity index is 1.72. The van der Waals surface area contributed by atoms with Crippen LogP contribution in [0.2, 0.25) is 0 Å². The second-order valence-corrected chi connectivity index (χ2v) is 9.10. The van der Waals surface area contributed by atoms with Gasteiger partial charge < -0.3 is 4.90 Å². The van der Waals surface area contributed by atoms with Gasteiger partial charge in [-0.05, 0) is 32.3 Å². The maximum atomic E-state index is 13.3. The minimum atomic E-state index is -0.256. The number of thiophene rings is 1. The maximum Gasteiger partial charge on any atom is 0.263 e. The number of likely N-dealkylation sites (tertiary alicyclic amines) is 1. The van der Waals surface area contributed by atoms with Crippen molar-refractivity contribution in [2.75, 3.05) is 13.1 Å². The molecule has 0 bridgehead atoms. The van der Waals surface area contributed by atoms with Crippen LogP contribution in [0.25, 0.3) is 21.3 Å². The summed E-state index contributed by atoms with van der Waals surface area (Å²) in [5, 5.41) is 3.04. The van der Waals surface area contributed by atoms with E-state index in [-0.39, 0.29) is 16.7 Å². The first-order valence-electron chi connectivity index (χ1n) is 9.63. The first kappa shape index (κ1) is 19.2. The fraction of sp³-hybridized carbons (Fsp3) is 0.381. The summed E-state index contributed by atoms with van der Waals surface area (Å²) in [4.78, 5) is 33.4. The smallest absolute Gasteiger partial charge is 0.263 e. The first-order valence-corrected chi connectivity index (χ1v) is 11.4. The number of benzene rings is 1. The summed E-state index contributed by atoms with van der Waals surface area (Å²) in [7, 11) is 0. The summed E-state index contributed by atoms with van der Waals surface area (Å²) >= 11 is 2.88. The summed E-state index contributed by atoms with van der Waals surface area (Å²) < 4.78 is 1.69. The van der Waals surface area contributed by atoms with Crippen molar-refractivity contribution in [1.29, 1.82) is 0 Å². The Bertz CT molecular complexity index is 1050. The van der Waals surface area contributed by atoms with Crippen molar-refractivity contribution in [3.05, 3.63) is 46.1 Å². The predicted octanol–water partition coefficient (Wildman–Crippen LogP) is 4.25. The van der Waals surface area contributed by atoms with Gasteiger partial charge in [-0.25, -0.2) is 4.98 Å². The molecule has 1 aliphatic rings. The van der Waals surface area contributed by atoms with Gasteiger partial charge in [0.05, 0.1) is 10.6 Å². The number of carbonyl (C=O) groups excluding carboxylic acids is 1. The van der Waals surface area contributed by atoms with Crippen LogP contribution in [-0.4, -0.2) is 38.7 Å². The molecule has 0 saturated carbocycles. The van der Waals surface area contributed by atoms with Crippen molar-refractivity contribution in [1.82, 2.24) is 14.5 Å². The van der Waals surface area contributed by atoms with Crippen molar-refractivity contribution in [2.24, 2.45) is 0 Å². The molecule has 0 N–H and O–H groups in total. The minimum Gasteiger partial charge on any atom is -0.342 e. The molecular weight excluding hydrogens is 390 g/mol. The van der Waals surface area contributed by atoms with Crippen LogP contribution in [-0.2, 0) is 11.3 Å². The molecule has 1 fully saturated rings. The van der Waals surface area contributed by atoms with Crippen LogP contribution in [0, 0.1) is 0 Å². The lowest BCUT2D eigenvalue weighted by molar-refractivity contribution is -0.129. The number of rotatable bonds is 5. The zero-order valence-electron chi connectivity index (χ0n) is 16.1. The van der Waals surface area contributed by atoms with Crippen LogP contribution < -0.4 is 5.56 Å². The lowest BCUT2D eigenvalue weighted by Gasteiger charge is -2.20. The summed E-state index contributed by atoms with van der Waals surface area (Å²) in [6.07, 6.45) is 2.15. The van der Waals surface area contributed by atoms with Gasteiger partial charge in [0.2, 0.25) is 5.91 Å². The van der Waals surface area contributed by atoms with Crippen molar-refractivity contribution >= 4 is 39.2 Å². The molecule has 0 radical (unpaired) electrons. The molecule has 1 amide bonds. The molecule has 3 heterocycles. The number of amides is 1. The normalized spacial score (nSPS) is 15.3. The van der Waals surface area contributed by atoms with E-state index in [4.69, 9.17) is 4.98 Å². The lowest BCUT2D eigenvalue weighted by atomic mass is 10.1. The molecule has 5 nitrogen and oxygen atoms in total. The fourth-order valence-corrected chi connectivity index (χ4v) is 5.65. The number of nitrogens with zero attached hydrogens (tertiary/aromatic N) is 3. The van der Waals surface area contributed by atoms with Gasteiger partial charge in [0.25, 0.3) is 5.56 Å². The molecule has 2 aromatic heterocycles. The van der Waals surface area contributed by atoms with Crippen LogP contribution >= 0.6 is 23.1 Å². The van der Waals surface area contributed by atoms with E-state index < -0.39 is 0 Å². The number of aromatic nitrogens is 2. The van der Waals surface area contributed by atoms with Gasteiger partial charge >= 0.3 is 0 Å². The summed E-state index contributed by atoms with van der Waals surface area (Å²) in [5.41, 5.74) is 1.92. The van der Waals surface area contributed by atoms with Gasteiger partial charge in [-0.3, -0.25) is 14.2 Å². The molecule has 1 aliphatic heterocycles. The van der Waals surface area contributed by atoms with Gasteiger partial charge in [0, 0.05) is 30.6 Å². The van der Waals surface area contributed by atoms with Gasteiger partial charge in [-0.15, -0.1) is 11.3 Å². The van der Waals surface area contributed by atoms with E-state index in [1.807, 2.05) is 54.5 Å². The molecular formula is C21H23N3O2S2. The van der Waals surface area contributed by atoms with E-state index in [1.54, 1.807) is 4.57 Å². The van der Waals surface area contributed by atoms with Crippen molar-refractivity contribution in [2.45, 2.75) is 43.6 Å². The van der Waals surface area contributed by atoms with Crippen LogP contribution in [0.5, 0.6) is 0 Å². The molecule has 1 saturated heterocycles. The summed E-state index contributed by atoms with van der Waals surface area (Å²) in [5.74, 6) is 0.135.